The molecule has 1 aromatic heterocycles. The summed E-state index contributed by atoms with van der Waals surface area (Å²) >= 11 is 0. The van der Waals surface area contributed by atoms with Gasteiger partial charge in [-0.05, 0) is 25.8 Å². The van der Waals surface area contributed by atoms with Gasteiger partial charge in [0, 0.05) is 50.1 Å². The van der Waals surface area contributed by atoms with Gasteiger partial charge in [0.2, 0.25) is 5.95 Å². The molecule has 2 rings (SSSR count). The number of rotatable bonds is 7. The van der Waals surface area contributed by atoms with Gasteiger partial charge in [-0.2, -0.15) is 0 Å². The Labute approximate surface area is 128 Å². The number of hydrogen-bond donors (Lipinski definition) is 1. The number of hydrogen-bond acceptors (Lipinski definition) is 5. The van der Waals surface area contributed by atoms with E-state index in [2.05, 4.69) is 41.0 Å². The van der Waals surface area contributed by atoms with Gasteiger partial charge in [-0.3, -0.25) is 0 Å². The van der Waals surface area contributed by atoms with Crippen molar-refractivity contribution in [3.8, 4) is 0 Å². The first-order valence-corrected chi connectivity index (χ1v) is 7.87. The van der Waals surface area contributed by atoms with E-state index in [0.29, 0.717) is 11.8 Å². The van der Waals surface area contributed by atoms with Gasteiger partial charge in [-0.15, -0.1) is 0 Å². The maximum Gasteiger partial charge on any atom is 0.225 e. The lowest BCUT2D eigenvalue weighted by atomic mass is 10.1. The molecule has 1 N–H and O–H groups in total. The van der Waals surface area contributed by atoms with Crippen molar-refractivity contribution in [3.63, 3.8) is 0 Å². The van der Waals surface area contributed by atoms with Crippen LogP contribution in [0.5, 0.6) is 0 Å². The first-order chi connectivity index (χ1) is 10.1. The van der Waals surface area contributed by atoms with Gasteiger partial charge in [-0.1, -0.05) is 13.8 Å². The second-order valence-corrected chi connectivity index (χ2v) is 6.36. The lowest BCUT2D eigenvalue weighted by Gasteiger charge is -2.17. The van der Waals surface area contributed by atoms with Crippen LogP contribution in [0, 0.1) is 18.8 Å². The minimum atomic E-state index is 0.603. The monoisotopic (exact) mass is 292 g/mol. The normalized spacial score (nSPS) is 18.7. The summed E-state index contributed by atoms with van der Waals surface area (Å²) in [7, 11) is 1.77. The average Bonchev–Trinajstić information content (AvgIpc) is 2.89. The smallest absolute Gasteiger partial charge is 0.225 e. The van der Waals surface area contributed by atoms with Crippen molar-refractivity contribution in [3.05, 3.63) is 17.5 Å². The fraction of sp³-hybridized carbons (Fsp3) is 0.750. The van der Waals surface area contributed by atoms with Gasteiger partial charge in [0.15, 0.2) is 0 Å². The Hall–Kier alpha value is -1.20. The molecule has 1 unspecified atom stereocenters. The van der Waals surface area contributed by atoms with E-state index in [1.165, 1.54) is 5.56 Å². The molecule has 5 heteroatoms. The van der Waals surface area contributed by atoms with E-state index in [4.69, 9.17) is 4.74 Å². The van der Waals surface area contributed by atoms with E-state index in [0.717, 1.165) is 50.8 Å². The number of anilines is 1. The lowest BCUT2D eigenvalue weighted by Crippen LogP contribution is -2.24. The summed E-state index contributed by atoms with van der Waals surface area (Å²) in [5, 5.41) is 3.44. The average molecular weight is 292 g/mol. The lowest BCUT2D eigenvalue weighted by molar-refractivity contribution is 0.161. The molecule has 0 radical (unpaired) electrons. The van der Waals surface area contributed by atoms with Gasteiger partial charge >= 0.3 is 0 Å². The topological polar surface area (TPSA) is 50.3 Å². The molecule has 1 fully saturated rings. The minimum Gasteiger partial charge on any atom is -0.384 e. The highest BCUT2D eigenvalue weighted by atomic mass is 16.5. The molecule has 0 bridgehead atoms. The van der Waals surface area contributed by atoms with Gasteiger partial charge in [-0.25, -0.2) is 9.97 Å². The third kappa shape index (κ3) is 4.64. The predicted molar refractivity (Wildman–Crippen MR) is 85.5 cm³/mol. The third-order valence-electron chi connectivity index (χ3n) is 3.91. The van der Waals surface area contributed by atoms with Crippen LogP contribution in [0.25, 0.3) is 0 Å². The molecular formula is C16H28N4O. The summed E-state index contributed by atoms with van der Waals surface area (Å²) in [6, 6.07) is 0. The van der Waals surface area contributed by atoms with E-state index in [9.17, 15) is 0 Å². The van der Waals surface area contributed by atoms with Gasteiger partial charge in [0.05, 0.1) is 6.61 Å². The zero-order chi connectivity index (χ0) is 15.2. The number of ether oxygens (including phenoxy) is 1. The fourth-order valence-corrected chi connectivity index (χ4v) is 2.69. The first-order valence-electron chi connectivity index (χ1n) is 7.87. The Bertz CT molecular complexity index is 450. The minimum absolute atomic E-state index is 0.603. The zero-order valence-electron chi connectivity index (χ0n) is 13.7. The fourth-order valence-electron chi connectivity index (χ4n) is 2.69. The molecule has 118 valence electrons. The standard InChI is InChI=1S/C16H28N4O/c1-12(2)7-17-8-15-9-18-16(19-13(15)3)20-6-5-14(10-20)11-21-4/h9,12,14,17H,5-8,10-11H2,1-4H3. The van der Waals surface area contributed by atoms with Crippen molar-refractivity contribution in [2.24, 2.45) is 11.8 Å². The zero-order valence-corrected chi connectivity index (χ0v) is 13.7. The number of nitrogens with zero attached hydrogens (tertiary/aromatic N) is 3. The maximum atomic E-state index is 5.24. The number of aromatic nitrogens is 2. The predicted octanol–water partition coefficient (Wildman–Crippen LogP) is 2.00. The van der Waals surface area contributed by atoms with E-state index >= 15 is 0 Å². The van der Waals surface area contributed by atoms with Crippen LogP contribution in [0.2, 0.25) is 0 Å². The molecule has 1 aromatic rings. The highest BCUT2D eigenvalue weighted by molar-refractivity contribution is 5.34. The highest BCUT2D eigenvalue weighted by Gasteiger charge is 2.24. The number of nitrogens with one attached hydrogen (secondary N) is 1. The van der Waals surface area contributed by atoms with E-state index in [1.807, 2.05) is 6.20 Å². The molecule has 5 nitrogen and oxygen atoms in total. The molecule has 2 heterocycles. The van der Waals surface area contributed by atoms with Crippen molar-refractivity contribution < 1.29 is 4.74 Å². The molecule has 1 saturated heterocycles. The largest absolute Gasteiger partial charge is 0.384 e. The van der Waals surface area contributed by atoms with Crippen LogP contribution in [0.3, 0.4) is 0 Å². The van der Waals surface area contributed by atoms with Gasteiger partial charge < -0.3 is 15.0 Å². The Balaban J connectivity index is 1.93. The molecular weight excluding hydrogens is 264 g/mol. The second kappa shape index (κ2) is 7.71. The van der Waals surface area contributed by atoms with E-state index in [-0.39, 0.29) is 0 Å². The maximum absolute atomic E-state index is 5.24. The van der Waals surface area contributed by atoms with Crippen molar-refractivity contribution in [2.75, 3.05) is 38.3 Å². The summed E-state index contributed by atoms with van der Waals surface area (Å²) in [4.78, 5) is 11.5. The number of methoxy groups -OCH3 is 1. The Kier molecular flexibility index (Phi) is 5.94. The highest BCUT2D eigenvalue weighted by Crippen LogP contribution is 2.21. The molecule has 0 saturated carbocycles. The van der Waals surface area contributed by atoms with Gasteiger partial charge in [0.25, 0.3) is 0 Å². The van der Waals surface area contributed by atoms with Crippen LogP contribution in [0.15, 0.2) is 6.20 Å². The number of aryl methyl sites for hydroxylation is 1. The molecule has 21 heavy (non-hydrogen) atoms. The summed E-state index contributed by atoms with van der Waals surface area (Å²) in [5.74, 6) is 2.12. The summed E-state index contributed by atoms with van der Waals surface area (Å²) in [5.41, 5.74) is 2.26. The van der Waals surface area contributed by atoms with Crippen LogP contribution in [0.4, 0.5) is 5.95 Å². The van der Waals surface area contributed by atoms with Crippen molar-refractivity contribution in [2.45, 2.75) is 33.7 Å². The SMILES string of the molecule is COCC1CCN(c2ncc(CNCC(C)C)c(C)n2)C1. The molecule has 0 aliphatic carbocycles. The summed E-state index contributed by atoms with van der Waals surface area (Å²) in [6.45, 7) is 11.2. The Morgan fingerprint density at radius 1 is 1.48 bits per heavy atom. The molecule has 1 atom stereocenters. The van der Waals surface area contributed by atoms with E-state index in [1.54, 1.807) is 7.11 Å². The third-order valence-corrected chi connectivity index (χ3v) is 3.91. The molecule has 0 amide bonds. The van der Waals surface area contributed by atoms with Crippen LogP contribution >= 0.6 is 0 Å². The van der Waals surface area contributed by atoms with Crippen LogP contribution in [-0.4, -0.2) is 43.3 Å². The molecule has 1 aliphatic rings. The van der Waals surface area contributed by atoms with Crippen LogP contribution in [-0.2, 0) is 11.3 Å². The summed E-state index contributed by atoms with van der Waals surface area (Å²) in [6.07, 6.45) is 3.13. The first kappa shape index (κ1) is 16.2. The second-order valence-electron chi connectivity index (χ2n) is 6.36. The summed E-state index contributed by atoms with van der Waals surface area (Å²) < 4.78 is 5.24. The molecule has 1 aliphatic heterocycles. The Morgan fingerprint density at radius 2 is 2.29 bits per heavy atom. The molecule has 0 spiro atoms. The van der Waals surface area contributed by atoms with Crippen molar-refractivity contribution >= 4 is 5.95 Å². The molecule has 0 aromatic carbocycles. The van der Waals surface area contributed by atoms with Gasteiger partial charge in [0.1, 0.15) is 0 Å². The van der Waals surface area contributed by atoms with Crippen LogP contribution in [0.1, 0.15) is 31.5 Å². The van der Waals surface area contributed by atoms with E-state index < -0.39 is 0 Å². The van der Waals surface area contributed by atoms with Crippen LogP contribution < -0.4 is 10.2 Å². The Morgan fingerprint density at radius 3 is 2.95 bits per heavy atom. The van der Waals surface area contributed by atoms with Crippen molar-refractivity contribution in [1.82, 2.24) is 15.3 Å². The quantitative estimate of drug-likeness (QED) is 0.833. The van der Waals surface area contributed by atoms with Crippen molar-refractivity contribution in [1.29, 1.82) is 0 Å².